The summed E-state index contributed by atoms with van der Waals surface area (Å²) in [5.74, 6) is -0.739. The Morgan fingerprint density at radius 1 is 1.53 bits per heavy atom. The van der Waals surface area contributed by atoms with Crippen molar-refractivity contribution < 1.29 is 9.90 Å². The Hall–Kier alpha value is -2.26. The number of hydrogen-bond acceptors (Lipinski definition) is 2. The number of hydrogen-bond donors (Lipinski definition) is 1. The molecule has 1 saturated carbocycles. The highest BCUT2D eigenvalue weighted by Gasteiger charge is 2.51. The Balaban J connectivity index is 2.08. The first kappa shape index (κ1) is 13.2. The van der Waals surface area contributed by atoms with Crippen LogP contribution < -0.4 is 0 Å². The number of nitrogens with zero attached hydrogens (tertiary/aromatic N) is 3. The van der Waals surface area contributed by atoms with Gasteiger partial charge in [0.15, 0.2) is 0 Å². The molecule has 0 saturated heterocycles. The molecule has 0 unspecified atom stereocenters. The van der Waals surface area contributed by atoms with Gasteiger partial charge in [-0.05, 0) is 35.9 Å². The Labute approximate surface area is 111 Å². The summed E-state index contributed by atoms with van der Waals surface area (Å²) in [4.78, 5) is 13.9. The Kier molecular flexibility index (Phi) is 3.88. The Bertz CT molecular complexity index is 556. The predicted molar refractivity (Wildman–Crippen MR) is 72.7 cm³/mol. The minimum Gasteiger partial charge on any atom is -0.481 e. The summed E-state index contributed by atoms with van der Waals surface area (Å²) in [6, 6.07) is 7.61. The number of benzene rings is 1. The number of carbonyl (C=O) groups is 1. The predicted octanol–water partition coefficient (Wildman–Crippen LogP) is 3.52. The topological polar surface area (TPSA) is 86.1 Å². The summed E-state index contributed by atoms with van der Waals surface area (Å²) < 4.78 is 0. The number of rotatable bonds is 6. The third-order valence-electron chi connectivity index (χ3n) is 3.37. The zero-order chi connectivity index (χ0) is 13.7. The first-order valence-electron chi connectivity index (χ1n) is 6.20. The number of carboxylic acids is 1. The maximum Gasteiger partial charge on any atom is 0.314 e. The quantitative estimate of drug-likeness (QED) is 0.366. The molecule has 0 heterocycles. The highest BCUT2D eigenvalue weighted by atomic mass is 16.4. The van der Waals surface area contributed by atoms with Crippen LogP contribution in [0.25, 0.3) is 16.5 Å². The maximum absolute atomic E-state index is 11.3. The molecule has 2 rings (SSSR count). The van der Waals surface area contributed by atoms with E-state index in [1.54, 1.807) is 0 Å². The van der Waals surface area contributed by atoms with Crippen molar-refractivity contribution in [1.29, 1.82) is 0 Å². The third-order valence-corrected chi connectivity index (χ3v) is 3.37. The van der Waals surface area contributed by atoms with E-state index < -0.39 is 11.4 Å². The van der Waals surface area contributed by atoms with E-state index in [9.17, 15) is 9.90 Å². The van der Waals surface area contributed by atoms with E-state index in [0.717, 1.165) is 11.1 Å². The fraction of sp³-hybridized carbons (Fsp3) is 0.357. The summed E-state index contributed by atoms with van der Waals surface area (Å²) >= 11 is 0. The molecule has 1 aliphatic carbocycles. The lowest BCUT2D eigenvalue weighted by molar-refractivity contribution is -0.140. The summed E-state index contributed by atoms with van der Waals surface area (Å²) in [6.45, 7) is 0.436. The van der Waals surface area contributed by atoms with E-state index in [4.69, 9.17) is 5.53 Å². The molecule has 5 nitrogen and oxygen atoms in total. The van der Waals surface area contributed by atoms with E-state index in [2.05, 4.69) is 10.0 Å². The molecule has 0 radical (unpaired) electrons. The lowest BCUT2D eigenvalue weighted by Crippen LogP contribution is -2.19. The van der Waals surface area contributed by atoms with E-state index in [0.29, 0.717) is 25.8 Å². The van der Waals surface area contributed by atoms with Gasteiger partial charge in [-0.2, -0.15) is 0 Å². The fourth-order valence-electron chi connectivity index (χ4n) is 2.09. The fourth-order valence-corrected chi connectivity index (χ4v) is 2.09. The SMILES string of the molecule is [N-]=[N+]=NCCC=Cc1cccc(C2(C(=O)O)CC2)c1. The van der Waals surface area contributed by atoms with Crippen molar-refractivity contribution in [3.05, 3.63) is 51.9 Å². The van der Waals surface area contributed by atoms with Crippen molar-refractivity contribution in [2.75, 3.05) is 6.54 Å². The van der Waals surface area contributed by atoms with Crippen LogP contribution in [0.15, 0.2) is 35.5 Å². The molecule has 0 amide bonds. The summed E-state index contributed by atoms with van der Waals surface area (Å²) in [7, 11) is 0. The standard InChI is InChI=1S/C14H15N3O2/c15-17-16-9-2-1-4-11-5-3-6-12(10-11)14(7-8-14)13(18)19/h1,3-6,10H,2,7-9H2,(H,18,19). The van der Waals surface area contributed by atoms with Crippen LogP contribution >= 0.6 is 0 Å². The lowest BCUT2D eigenvalue weighted by atomic mass is 9.94. The molecule has 0 aromatic heterocycles. The lowest BCUT2D eigenvalue weighted by Gasteiger charge is -2.10. The van der Waals surface area contributed by atoms with Gasteiger partial charge in [-0.1, -0.05) is 41.5 Å². The average Bonchev–Trinajstić information content (AvgIpc) is 3.20. The molecular formula is C14H15N3O2. The maximum atomic E-state index is 11.3. The van der Waals surface area contributed by atoms with Crippen LogP contribution in [0.3, 0.4) is 0 Å². The first-order chi connectivity index (χ1) is 9.19. The first-order valence-corrected chi connectivity index (χ1v) is 6.20. The Morgan fingerprint density at radius 3 is 2.95 bits per heavy atom. The zero-order valence-corrected chi connectivity index (χ0v) is 10.5. The van der Waals surface area contributed by atoms with Crippen molar-refractivity contribution in [3.63, 3.8) is 0 Å². The largest absolute Gasteiger partial charge is 0.481 e. The van der Waals surface area contributed by atoms with Gasteiger partial charge in [0, 0.05) is 11.5 Å². The van der Waals surface area contributed by atoms with Crippen LogP contribution in [-0.4, -0.2) is 17.6 Å². The van der Waals surface area contributed by atoms with E-state index in [1.165, 1.54) is 0 Å². The van der Waals surface area contributed by atoms with Crippen molar-refractivity contribution >= 4 is 12.0 Å². The van der Waals surface area contributed by atoms with Crippen molar-refractivity contribution in [2.24, 2.45) is 5.11 Å². The monoisotopic (exact) mass is 257 g/mol. The van der Waals surface area contributed by atoms with Gasteiger partial charge in [-0.3, -0.25) is 4.79 Å². The summed E-state index contributed by atoms with van der Waals surface area (Å²) in [5.41, 5.74) is 9.34. The minimum absolute atomic E-state index is 0.436. The van der Waals surface area contributed by atoms with Gasteiger partial charge >= 0.3 is 5.97 Å². The minimum atomic E-state index is -0.739. The van der Waals surface area contributed by atoms with Gasteiger partial charge in [-0.15, -0.1) is 0 Å². The van der Waals surface area contributed by atoms with E-state index in [1.807, 2.05) is 36.4 Å². The van der Waals surface area contributed by atoms with Gasteiger partial charge in [0.2, 0.25) is 0 Å². The molecule has 1 aliphatic rings. The van der Waals surface area contributed by atoms with Gasteiger partial charge < -0.3 is 5.11 Å². The van der Waals surface area contributed by atoms with Gasteiger partial charge in [-0.25, -0.2) is 0 Å². The smallest absolute Gasteiger partial charge is 0.314 e. The number of aliphatic carboxylic acids is 1. The average molecular weight is 257 g/mol. The highest BCUT2D eigenvalue weighted by molar-refractivity contribution is 5.85. The molecule has 98 valence electrons. The van der Waals surface area contributed by atoms with Crippen molar-refractivity contribution in [1.82, 2.24) is 0 Å². The number of carboxylic acid groups (broad SMARTS) is 1. The third kappa shape index (κ3) is 2.95. The summed E-state index contributed by atoms with van der Waals surface area (Å²) in [6.07, 6.45) is 5.96. The van der Waals surface area contributed by atoms with Gasteiger partial charge in [0.25, 0.3) is 0 Å². The number of azide groups is 1. The molecule has 0 bridgehead atoms. The van der Waals surface area contributed by atoms with Gasteiger partial charge in [0.1, 0.15) is 0 Å². The second kappa shape index (κ2) is 5.59. The Morgan fingerprint density at radius 2 is 2.32 bits per heavy atom. The van der Waals surface area contributed by atoms with Gasteiger partial charge in [0.05, 0.1) is 5.41 Å². The molecule has 0 aliphatic heterocycles. The van der Waals surface area contributed by atoms with Crippen LogP contribution in [0.5, 0.6) is 0 Å². The van der Waals surface area contributed by atoms with E-state index >= 15 is 0 Å². The molecule has 1 aromatic rings. The van der Waals surface area contributed by atoms with Crippen LogP contribution in [0, 0.1) is 0 Å². The van der Waals surface area contributed by atoms with Crippen LogP contribution in [0.1, 0.15) is 30.4 Å². The zero-order valence-electron chi connectivity index (χ0n) is 10.5. The van der Waals surface area contributed by atoms with E-state index in [-0.39, 0.29) is 0 Å². The second-order valence-corrected chi connectivity index (χ2v) is 4.66. The second-order valence-electron chi connectivity index (χ2n) is 4.66. The molecule has 19 heavy (non-hydrogen) atoms. The van der Waals surface area contributed by atoms with Crippen LogP contribution in [0.4, 0.5) is 0 Å². The highest BCUT2D eigenvalue weighted by Crippen LogP contribution is 2.48. The normalized spacial score (nSPS) is 16.0. The van der Waals surface area contributed by atoms with Crippen molar-refractivity contribution in [2.45, 2.75) is 24.7 Å². The molecule has 1 N–H and O–H groups in total. The molecule has 1 aromatic carbocycles. The van der Waals surface area contributed by atoms with Crippen molar-refractivity contribution in [3.8, 4) is 0 Å². The summed E-state index contributed by atoms with van der Waals surface area (Å²) in [5, 5.41) is 12.7. The van der Waals surface area contributed by atoms with Crippen LogP contribution in [-0.2, 0) is 10.2 Å². The van der Waals surface area contributed by atoms with Crippen LogP contribution in [0.2, 0.25) is 0 Å². The molecule has 5 heteroatoms. The molecular weight excluding hydrogens is 242 g/mol. The molecule has 1 fully saturated rings. The molecule has 0 atom stereocenters. The molecule has 0 spiro atoms.